The van der Waals surface area contributed by atoms with Crippen molar-refractivity contribution in [3.8, 4) is 0 Å². The van der Waals surface area contributed by atoms with Gasteiger partial charge in [-0.05, 0) is 24.0 Å². The molecule has 0 amide bonds. The Labute approximate surface area is 151 Å². The molecule has 2 atom stereocenters. The lowest BCUT2D eigenvalue weighted by Gasteiger charge is -2.11. The van der Waals surface area contributed by atoms with Gasteiger partial charge in [0.15, 0.2) is 6.10 Å². The van der Waals surface area contributed by atoms with Crippen LogP contribution in [0.4, 0.5) is 0 Å². The van der Waals surface area contributed by atoms with Crippen molar-refractivity contribution in [2.75, 3.05) is 0 Å². The van der Waals surface area contributed by atoms with Crippen LogP contribution in [0.25, 0.3) is 0 Å². The Morgan fingerprint density at radius 3 is 2.15 bits per heavy atom. The highest BCUT2D eigenvalue weighted by molar-refractivity contribution is 6.23. The number of aliphatic hydroxyl groups excluding tert-OH is 2. The highest BCUT2D eigenvalue weighted by Gasteiger charge is 2.41. The summed E-state index contributed by atoms with van der Waals surface area (Å²) >= 11 is 0. The van der Waals surface area contributed by atoms with Crippen LogP contribution < -0.4 is 0 Å². The molecule has 0 radical (unpaired) electrons. The molecule has 1 unspecified atom stereocenters. The van der Waals surface area contributed by atoms with E-state index in [0.717, 1.165) is 11.1 Å². The van der Waals surface area contributed by atoms with Crippen molar-refractivity contribution in [2.24, 2.45) is 0 Å². The maximum Gasteiger partial charge on any atom is 0.346 e. The molecular formula is C21H20O5. The number of ketones is 1. The van der Waals surface area contributed by atoms with E-state index in [1.165, 1.54) is 0 Å². The summed E-state index contributed by atoms with van der Waals surface area (Å²) in [5.74, 6) is -2.07. The molecule has 1 fully saturated rings. The van der Waals surface area contributed by atoms with Crippen LogP contribution >= 0.6 is 0 Å². The minimum absolute atomic E-state index is 0.103. The lowest BCUT2D eigenvalue weighted by Crippen LogP contribution is -2.21. The maximum absolute atomic E-state index is 12.5. The molecule has 1 aliphatic heterocycles. The monoisotopic (exact) mass is 352 g/mol. The third kappa shape index (κ3) is 4.00. The quantitative estimate of drug-likeness (QED) is 0.361. The first-order chi connectivity index (χ1) is 12.6. The summed E-state index contributed by atoms with van der Waals surface area (Å²) in [6.07, 6.45) is -1.25. The number of Topliss-reactive ketones (excluding diaryl/α,β-unsaturated/α-hetero) is 1. The van der Waals surface area contributed by atoms with Crippen molar-refractivity contribution in [1.29, 1.82) is 0 Å². The van der Waals surface area contributed by atoms with E-state index in [2.05, 4.69) is 0 Å². The van der Waals surface area contributed by atoms with Crippen LogP contribution in [0.3, 0.4) is 0 Å². The molecule has 1 heterocycles. The van der Waals surface area contributed by atoms with Crippen molar-refractivity contribution >= 4 is 11.8 Å². The van der Waals surface area contributed by atoms with E-state index < -0.39 is 35.3 Å². The highest BCUT2D eigenvalue weighted by Crippen LogP contribution is 2.25. The van der Waals surface area contributed by atoms with Crippen LogP contribution in [0.5, 0.6) is 0 Å². The Morgan fingerprint density at radius 1 is 0.962 bits per heavy atom. The van der Waals surface area contributed by atoms with Gasteiger partial charge in [-0.25, -0.2) is 4.79 Å². The minimum atomic E-state index is -1.34. The summed E-state index contributed by atoms with van der Waals surface area (Å²) < 4.78 is 5.11. The van der Waals surface area contributed by atoms with Gasteiger partial charge in [0.1, 0.15) is 17.4 Å². The summed E-state index contributed by atoms with van der Waals surface area (Å²) in [5.41, 5.74) is 1.38. The average Bonchev–Trinajstić information content (AvgIpc) is 2.94. The van der Waals surface area contributed by atoms with Crippen LogP contribution in [0.2, 0.25) is 0 Å². The van der Waals surface area contributed by atoms with Crippen LogP contribution in [0.1, 0.15) is 17.5 Å². The van der Waals surface area contributed by atoms with Gasteiger partial charge in [0.25, 0.3) is 0 Å². The smallest absolute Gasteiger partial charge is 0.346 e. The molecule has 3 rings (SSSR count). The zero-order valence-corrected chi connectivity index (χ0v) is 14.2. The van der Waals surface area contributed by atoms with Gasteiger partial charge in [-0.2, -0.15) is 0 Å². The van der Waals surface area contributed by atoms with Gasteiger partial charge in [-0.15, -0.1) is 0 Å². The third-order valence-electron chi connectivity index (χ3n) is 4.37. The van der Waals surface area contributed by atoms with Gasteiger partial charge >= 0.3 is 5.97 Å². The number of carbonyl (C=O) groups excluding carboxylic acids is 2. The average molecular weight is 352 g/mol. The van der Waals surface area contributed by atoms with E-state index in [0.29, 0.717) is 12.8 Å². The number of hydrogen-bond acceptors (Lipinski definition) is 5. The summed E-state index contributed by atoms with van der Waals surface area (Å²) in [4.78, 5) is 24.5. The van der Waals surface area contributed by atoms with Crippen molar-refractivity contribution in [1.82, 2.24) is 0 Å². The summed E-state index contributed by atoms with van der Waals surface area (Å²) in [6.45, 7) is 0. The second-order valence-corrected chi connectivity index (χ2v) is 6.25. The topological polar surface area (TPSA) is 83.8 Å². The standard InChI is InChI=1S/C21H20O5/c22-16(13-15-9-5-2-6-10-15)19(23)18-20(24)17(26-21(18)25)12-11-14-7-3-1-4-8-14/h1-10,16-17,22-23H,11-13H2/t16-,17?/m0/s1. The van der Waals surface area contributed by atoms with Gasteiger partial charge in [0.05, 0.1) is 0 Å². The van der Waals surface area contributed by atoms with E-state index in [-0.39, 0.29) is 6.42 Å². The minimum Gasteiger partial charge on any atom is -0.508 e. The van der Waals surface area contributed by atoms with Crippen LogP contribution in [-0.4, -0.2) is 34.2 Å². The van der Waals surface area contributed by atoms with Gasteiger partial charge in [0.2, 0.25) is 5.78 Å². The largest absolute Gasteiger partial charge is 0.508 e. The molecule has 2 N–H and O–H groups in total. The van der Waals surface area contributed by atoms with Gasteiger partial charge in [-0.1, -0.05) is 60.7 Å². The second-order valence-electron chi connectivity index (χ2n) is 6.25. The first kappa shape index (κ1) is 17.9. The van der Waals surface area contributed by atoms with Crippen molar-refractivity contribution in [3.05, 3.63) is 83.1 Å². The Bertz CT molecular complexity index is 811. The van der Waals surface area contributed by atoms with Crippen molar-refractivity contribution < 1.29 is 24.5 Å². The summed E-state index contributed by atoms with van der Waals surface area (Å²) in [6, 6.07) is 18.6. The van der Waals surface area contributed by atoms with E-state index in [4.69, 9.17) is 4.74 Å². The maximum atomic E-state index is 12.5. The van der Waals surface area contributed by atoms with Crippen LogP contribution in [-0.2, 0) is 27.2 Å². The van der Waals surface area contributed by atoms with Gasteiger partial charge in [0, 0.05) is 6.42 Å². The van der Waals surface area contributed by atoms with E-state index >= 15 is 0 Å². The second kappa shape index (κ2) is 7.97. The summed E-state index contributed by atoms with van der Waals surface area (Å²) in [7, 11) is 0. The highest BCUT2D eigenvalue weighted by atomic mass is 16.6. The zero-order valence-electron chi connectivity index (χ0n) is 14.2. The Hall–Kier alpha value is -2.92. The molecule has 2 aromatic carbocycles. The number of aryl methyl sites for hydroxylation is 1. The lowest BCUT2D eigenvalue weighted by atomic mass is 9.99. The SMILES string of the molecule is O=C1OC(CCc2ccccc2)C(=O)C1=C(O)[C@@H](O)Cc1ccccc1. The molecule has 5 heteroatoms. The number of hydrogen-bond donors (Lipinski definition) is 2. The fraction of sp³-hybridized carbons (Fsp3) is 0.238. The number of benzene rings is 2. The predicted molar refractivity (Wildman–Crippen MR) is 95.5 cm³/mol. The number of cyclic esters (lactones) is 1. The third-order valence-corrected chi connectivity index (χ3v) is 4.37. The molecule has 134 valence electrons. The van der Waals surface area contributed by atoms with Crippen molar-refractivity contribution in [2.45, 2.75) is 31.5 Å². The normalized spacial score (nSPS) is 20.0. The number of carbonyl (C=O) groups is 2. The number of rotatable bonds is 6. The Kier molecular flexibility index (Phi) is 5.49. The molecule has 1 aliphatic rings. The van der Waals surface area contributed by atoms with E-state index in [1.807, 2.05) is 36.4 Å². The molecule has 26 heavy (non-hydrogen) atoms. The molecule has 0 aliphatic carbocycles. The van der Waals surface area contributed by atoms with Gasteiger partial charge < -0.3 is 14.9 Å². The zero-order chi connectivity index (χ0) is 18.5. The molecule has 0 bridgehead atoms. The number of ether oxygens (including phenoxy) is 1. The summed E-state index contributed by atoms with van der Waals surface area (Å²) in [5, 5.41) is 20.4. The molecule has 0 spiro atoms. The molecule has 2 aromatic rings. The number of aliphatic hydroxyl groups is 2. The van der Waals surface area contributed by atoms with Gasteiger partial charge in [-0.3, -0.25) is 4.79 Å². The van der Waals surface area contributed by atoms with E-state index in [1.54, 1.807) is 24.3 Å². The first-order valence-corrected chi connectivity index (χ1v) is 8.50. The molecule has 1 saturated heterocycles. The fourth-order valence-corrected chi connectivity index (χ4v) is 2.97. The first-order valence-electron chi connectivity index (χ1n) is 8.50. The van der Waals surface area contributed by atoms with E-state index in [9.17, 15) is 19.8 Å². The molecule has 0 aromatic heterocycles. The number of esters is 1. The van der Waals surface area contributed by atoms with Crippen LogP contribution in [0, 0.1) is 0 Å². The molecular weight excluding hydrogens is 332 g/mol. The van der Waals surface area contributed by atoms with Crippen molar-refractivity contribution in [3.63, 3.8) is 0 Å². The predicted octanol–water partition coefficient (Wildman–Crippen LogP) is 2.53. The Balaban J connectivity index is 1.69. The molecule has 0 saturated carbocycles. The Morgan fingerprint density at radius 2 is 1.54 bits per heavy atom. The van der Waals surface area contributed by atoms with Crippen LogP contribution in [0.15, 0.2) is 72.0 Å². The molecule has 5 nitrogen and oxygen atoms in total. The fourth-order valence-electron chi connectivity index (χ4n) is 2.97. The lowest BCUT2D eigenvalue weighted by molar-refractivity contribution is -0.141.